The molecule has 1 aliphatic heterocycles. The molecule has 1 aromatic rings. The normalized spacial score (nSPS) is 16.3. The van der Waals surface area contributed by atoms with Crippen molar-refractivity contribution < 1.29 is 23.9 Å². The Balaban J connectivity index is 2.47. The summed E-state index contributed by atoms with van der Waals surface area (Å²) in [6.45, 7) is 0. The summed E-state index contributed by atoms with van der Waals surface area (Å²) in [5.74, 6) is -1.51. The zero-order valence-corrected chi connectivity index (χ0v) is 13.3. The van der Waals surface area contributed by atoms with E-state index >= 15 is 0 Å². The van der Waals surface area contributed by atoms with Gasteiger partial charge in [0.1, 0.15) is 0 Å². The Hall–Kier alpha value is -2.67. The smallest absolute Gasteiger partial charge is 0.340 e. The maximum absolute atomic E-state index is 11.9. The van der Waals surface area contributed by atoms with Gasteiger partial charge in [0.2, 0.25) is 0 Å². The lowest BCUT2D eigenvalue weighted by molar-refractivity contribution is -0.138. The number of hydrogen-bond acceptors (Lipinski definition) is 6. The fourth-order valence-electron chi connectivity index (χ4n) is 1.81. The number of ether oxygens (including phenoxy) is 2. The molecule has 0 fully saturated rings. The van der Waals surface area contributed by atoms with Crippen molar-refractivity contribution in [3.8, 4) is 0 Å². The Kier molecular flexibility index (Phi) is 5.48. The van der Waals surface area contributed by atoms with E-state index in [0.717, 1.165) is 23.4 Å². The molecule has 0 radical (unpaired) electrons. The van der Waals surface area contributed by atoms with Gasteiger partial charge in [-0.2, -0.15) is 0 Å². The van der Waals surface area contributed by atoms with Crippen LogP contribution in [0.5, 0.6) is 0 Å². The van der Waals surface area contributed by atoms with E-state index < -0.39 is 17.2 Å². The molecule has 0 unspecified atom stereocenters. The molecule has 0 saturated heterocycles. The Morgan fingerprint density at radius 1 is 1.13 bits per heavy atom. The van der Waals surface area contributed by atoms with E-state index in [9.17, 15) is 14.4 Å². The number of rotatable bonds is 4. The maximum atomic E-state index is 11.9. The van der Waals surface area contributed by atoms with Gasteiger partial charge in [0.25, 0.3) is 0 Å². The molecule has 2 rings (SSSR count). The topological polar surface area (TPSA) is 82.0 Å². The zero-order valence-electron chi connectivity index (χ0n) is 12.4. The van der Waals surface area contributed by atoms with Gasteiger partial charge in [-0.1, -0.05) is 30.3 Å². The van der Waals surface area contributed by atoms with Gasteiger partial charge in [-0.05, 0) is 23.4 Å². The quantitative estimate of drug-likeness (QED) is 0.623. The molecule has 1 aliphatic rings. The first-order chi connectivity index (χ1) is 11.0. The SMILES string of the molecule is COC(=O)/C=C(/C(=O)OC)C1=NC(=O)S/C1=C\c1ccccc1. The summed E-state index contributed by atoms with van der Waals surface area (Å²) >= 11 is 0.877. The van der Waals surface area contributed by atoms with Crippen LogP contribution in [0, 0.1) is 0 Å². The summed E-state index contributed by atoms with van der Waals surface area (Å²) in [5, 5.41) is -0.471. The molecule has 0 spiro atoms. The number of carbonyl (C=O) groups is 3. The van der Waals surface area contributed by atoms with Crippen LogP contribution in [0.4, 0.5) is 4.79 Å². The Morgan fingerprint density at radius 3 is 2.43 bits per heavy atom. The average molecular weight is 331 g/mol. The highest BCUT2D eigenvalue weighted by Crippen LogP contribution is 2.32. The summed E-state index contributed by atoms with van der Waals surface area (Å²) < 4.78 is 9.19. The maximum Gasteiger partial charge on any atom is 0.340 e. The number of amides is 1. The number of thioether (sulfide) groups is 1. The highest BCUT2D eigenvalue weighted by molar-refractivity contribution is 8.18. The summed E-state index contributed by atoms with van der Waals surface area (Å²) in [7, 11) is 2.36. The minimum Gasteiger partial charge on any atom is -0.466 e. The lowest BCUT2D eigenvalue weighted by Gasteiger charge is -2.06. The second-order valence-electron chi connectivity index (χ2n) is 4.32. The van der Waals surface area contributed by atoms with Crippen molar-refractivity contribution in [2.24, 2.45) is 4.99 Å². The minimum atomic E-state index is -0.775. The van der Waals surface area contributed by atoms with Crippen molar-refractivity contribution in [3.05, 3.63) is 52.4 Å². The van der Waals surface area contributed by atoms with Crippen molar-refractivity contribution in [1.29, 1.82) is 0 Å². The largest absolute Gasteiger partial charge is 0.466 e. The lowest BCUT2D eigenvalue weighted by atomic mass is 10.1. The van der Waals surface area contributed by atoms with Crippen LogP contribution in [0.2, 0.25) is 0 Å². The molecule has 0 saturated carbocycles. The van der Waals surface area contributed by atoms with Gasteiger partial charge < -0.3 is 9.47 Å². The molecule has 0 aliphatic carbocycles. The van der Waals surface area contributed by atoms with Crippen molar-refractivity contribution in [2.75, 3.05) is 14.2 Å². The number of methoxy groups -OCH3 is 2. The number of carbonyl (C=O) groups excluding carboxylic acids is 3. The molecule has 0 atom stereocenters. The Bertz CT molecular complexity index is 734. The second kappa shape index (κ2) is 7.55. The van der Waals surface area contributed by atoms with E-state index in [1.807, 2.05) is 30.3 Å². The molecule has 7 heteroatoms. The van der Waals surface area contributed by atoms with E-state index in [1.54, 1.807) is 6.08 Å². The van der Waals surface area contributed by atoms with Crippen molar-refractivity contribution in [3.63, 3.8) is 0 Å². The van der Waals surface area contributed by atoms with Crippen LogP contribution >= 0.6 is 11.8 Å². The lowest BCUT2D eigenvalue weighted by Crippen LogP contribution is -2.16. The van der Waals surface area contributed by atoms with Crippen LogP contribution in [0.1, 0.15) is 5.56 Å². The molecule has 1 amide bonds. The third-order valence-electron chi connectivity index (χ3n) is 2.85. The van der Waals surface area contributed by atoms with E-state index in [4.69, 9.17) is 0 Å². The number of benzene rings is 1. The average Bonchev–Trinajstić information content (AvgIpc) is 2.92. The van der Waals surface area contributed by atoms with Crippen LogP contribution < -0.4 is 0 Å². The van der Waals surface area contributed by atoms with Gasteiger partial charge in [-0.25, -0.2) is 14.6 Å². The highest BCUT2D eigenvalue weighted by Gasteiger charge is 2.29. The molecular weight excluding hydrogens is 318 g/mol. The summed E-state index contributed by atoms with van der Waals surface area (Å²) in [4.78, 5) is 39.3. The first kappa shape index (κ1) is 16.7. The zero-order chi connectivity index (χ0) is 16.8. The van der Waals surface area contributed by atoms with Crippen LogP contribution in [-0.4, -0.2) is 37.1 Å². The monoisotopic (exact) mass is 331 g/mol. The number of hydrogen-bond donors (Lipinski definition) is 0. The molecule has 23 heavy (non-hydrogen) atoms. The van der Waals surface area contributed by atoms with Gasteiger partial charge in [0.05, 0.1) is 25.5 Å². The standard InChI is InChI=1S/C16H13NO5S/c1-21-13(18)9-11(15(19)22-2)14-12(23-16(20)17-14)8-10-6-4-3-5-7-10/h3-9H,1-2H3/b11-9+,12-8-. The van der Waals surface area contributed by atoms with E-state index in [0.29, 0.717) is 4.91 Å². The van der Waals surface area contributed by atoms with Crippen molar-refractivity contribution >= 4 is 40.7 Å². The molecule has 0 aromatic heterocycles. The summed E-state index contributed by atoms with van der Waals surface area (Å²) in [5.41, 5.74) is 0.806. The molecular formula is C16H13NO5S. The van der Waals surface area contributed by atoms with Gasteiger partial charge in [0, 0.05) is 11.0 Å². The summed E-state index contributed by atoms with van der Waals surface area (Å²) in [6.07, 6.45) is 2.67. The predicted molar refractivity (Wildman–Crippen MR) is 87.0 cm³/mol. The first-order valence-electron chi connectivity index (χ1n) is 6.51. The molecule has 118 valence electrons. The van der Waals surface area contributed by atoms with Crippen LogP contribution in [-0.2, 0) is 19.1 Å². The van der Waals surface area contributed by atoms with Crippen molar-refractivity contribution in [1.82, 2.24) is 0 Å². The van der Waals surface area contributed by atoms with Crippen molar-refractivity contribution in [2.45, 2.75) is 0 Å². The molecule has 6 nitrogen and oxygen atoms in total. The molecule has 0 N–H and O–H groups in total. The number of esters is 2. The summed E-state index contributed by atoms with van der Waals surface area (Å²) in [6, 6.07) is 9.24. The van der Waals surface area contributed by atoms with Gasteiger partial charge in [0.15, 0.2) is 0 Å². The van der Waals surface area contributed by atoms with Gasteiger partial charge in [-0.3, -0.25) is 4.79 Å². The van der Waals surface area contributed by atoms with Crippen LogP contribution in [0.3, 0.4) is 0 Å². The van der Waals surface area contributed by atoms with E-state index in [-0.39, 0.29) is 11.3 Å². The van der Waals surface area contributed by atoms with Gasteiger partial charge in [-0.15, -0.1) is 0 Å². The minimum absolute atomic E-state index is 0.0982. The van der Waals surface area contributed by atoms with E-state index in [1.165, 1.54) is 14.2 Å². The first-order valence-corrected chi connectivity index (χ1v) is 7.32. The third-order valence-corrected chi connectivity index (χ3v) is 3.65. The Morgan fingerprint density at radius 2 is 1.83 bits per heavy atom. The fraction of sp³-hybridized carbons (Fsp3) is 0.125. The van der Waals surface area contributed by atoms with E-state index in [2.05, 4.69) is 14.5 Å². The molecule has 0 bridgehead atoms. The van der Waals surface area contributed by atoms with Crippen LogP contribution in [0.15, 0.2) is 51.9 Å². The molecule has 1 aromatic carbocycles. The Labute approximate surface area is 136 Å². The number of aliphatic imine (C=N–C) groups is 1. The highest BCUT2D eigenvalue weighted by atomic mass is 32.2. The third kappa shape index (κ3) is 4.17. The predicted octanol–water partition coefficient (Wildman–Crippen LogP) is 2.61. The molecule has 1 heterocycles. The number of nitrogens with zero attached hydrogens (tertiary/aromatic N) is 1. The van der Waals surface area contributed by atoms with Gasteiger partial charge >= 0.3 is 17.2 Å². The number of allylic oxidation sites excluding steroid dienone is 1. The second-order valence-corrected chi connectivity index (χ2v) is 5.31. The van der Waals surface area contributed by atoms with Crippen LogP contribution in [0.25, 0.3) is 6.08 Å². The fourth-order valence-corrected chi connectivity index (χ4v) is 2.59.